The van der Waals surface area contributed by atoms with Crippen LogP contribution >= 0.6 is 11.6 Å². The van der Waals surface area contributed by atoms with E-state index in [1.54, 1.807) is 0 Å². The van der Waals surface area contributed by atoms with E-state index < -0.39 is 16.6 Å². The van der Waals surface area contributed by atoms with E-state index in [0.717, 1.165) is 13.0 Å². The molecular weight excluding hydrogens is 319 g/mol. The monoisotopic (exact) mass is 328 g/mol. The van der Waals surface area contributed by atoms with Gasteiger partial charge < -0.3 is 9.64 Å². The summed E-state index contributed by atoms with van der Waals surface area (Å²) in [6.07, 6.45) is 2.41. The molecule has 4 rings (SSSR count). The lowest BCUT2D eigenvalue weighted by Gasteiger charge is -2.40. The molecule has 0 radical (unpaired) electrons. The van der Waals surface area contributed by atoms with Gasteiger partial charge in [0.25, 0.3) is 0 Å². The van der Waals surface area contributed by atoms with Crippen molar-refractivity contribution in [1.29, 1.82) is 0 Å². The lowest BCUT2D eigenvalue weighted by Crippen LogP contribution is -2.50. The Bertz CT molecular complexity index is 803. The van der Waals surface area contributed by atoms with Crippen LogP contribution in [0.3, 0.4) is 0 Å². The Hall–Kier alpha value is -1.54. The quantitative estimate of drug-likeness (QED) is 0.584. The summed E-state index contributed by atoms with van der Waals surface area (Å²) in [6.45, 7) is 1.23. The van der Waals surface area contributed by atoms with Crippen LogP contribution in [0, 0.1) is 5.82 Å². The minimum Gasteiger partial charge on any atom is -0.475 e. The SMILES string of the molecule is CS(=O)c1nc2c3c(nc(Cl)c(F)c3n1)OC[C@H]1CCN21. The van der Waals surface area contributed by atoms with Crippen molar-refractivity contribution in [1.82, 2.24) is 15.0 Å². The lowest BCUT2D eigenvalue weighted by molar-refractivity contribution is 0.246. The molecule has 0 aromatic carbocycles. The van der Waals surface area contributed by atoms with Gasteiger partial charge in [-0.2, -0.15) is 4.98 Å². The second kappa shape index (κ2) is 4.48. The molecule has 6 nitrogen and oxygen atoms in total. The van der Waals surface area contributed by atoms with Crippen LogP contribution < -0.4 is 9.64 Å². The number of fused-ring (bicyclic) bond motifs is 2. The number of rotatable bonds is 1. The number of anilines is 1. The van der Waals surface area contributed by atoms with Gasteiger partial charge >= 0.3 is 0 Å². The van der Waals surface area contributed by atoms with Crippen LogP contribution in [0.4, 0.5) is 10.2 Å². The van der Waals surface area contributed by atoms with E-state index in [0.29, 0.717) is 17.8 Å². The number of nitrogens with zero attached hydrogens (tertiary/aromatic N) is 4. The highest BCUT2D eigenvalue weighted by molar-refractivity contribution is 7.84. The van der Waals surface area contributed by atoms with Crippen LogP contribution in [-0.2, 0) is 10.8 Å². The average Bonchev–Trinajstić information content (AvgIpc) is 2.51. The molecule has 0 aliphatic carbocycles. The van der Waals surface area contributed by atoms with Gasteiger partial charge in [-0.15, -0.1) is 0 Å². The minimum atomic E-state index is -1.42. The van der Waals surface area contributed by atoms with Crippen molar-refractivity contribution in [2.24, 2.45) is 0 Å². The van der Waals surface area contributed by atoms with E-state index >= 15 is 0 Å². The fourth-order valence-corrected chi connectivity index (χ4v) is 3.19. The van der Waals surface area contributed by atoms with Crippen LogP contribution in [0.15, 0.2) is 5.16 Å². The zero-order valence-corrected chi connectivity index (χ0v) is 12.5. The summed E-state index contributed by atoms with van der Waals surface area (Å²) in [5.74, 6) is 0.0135. The van der Waals surface area contributed by atoms with Crippen molar-refractivity contribution in [2.45, 2.75) is 17.6 Å². The Labute approximate surface area is 126 Å². The van der Waals surface area contributed by atoms with Crippen LogP contribution in [0.2, 0.25) is 5.15 Å². The largest absolute Gasteiger partial charge is 0.475 e. The number of hydrogen-bond acceptors (Lipinski definition) is 6. The van der Waals surface area contributed by atoms with E-state index in [-0.39, 0.29) is 27.7 Å². The smallest absolute Gasteiger partial charge is 0.228 e. The zero-order chi connectivity index (χ0) is 14.7. The lowest BCUT2D eigenvalue weighted by atomic mass is 10.0. The summed E-state index contributed by atoms with van der Waals surface area (Å²) in [5, 5.41) is 0.171. The second-order valence-electron chi connectivity index (χ2n) is 4.98. The number of ether oxygens (including phenoxy) is 1. The van der Waals surface area contributed by atoms with E-state index in [1.807, 2.05) is 4.90 Å². The fourth-order valence-electron chi connectivity index (χ4n) is 2.59. The third-order valence-corrected chi connectivity index (χ3v) is 4.70. The highest BCUT2D eigenvalue weighted by Crippen LogP contribution is 2.40. The van der Waals surface area contributed by atoms with Crippen molar-refractivity contribution in [3.63, 3.8) is 0 Å². The summed E-state index contributed by atoms with van der Waals surface area (Å²) in [5.41, 5.74) is 0.00718. The van der Waals surface area contributed by atoms with Gasteiger partial charge in [0.05, 0.1) is 16.8 Å². The molecule has 110 valence electrons. The summed E-state index contributed by atoms with van der Waals surface area (Å²) in [6, 6.07) is 0.164. The molecule has 21 heavy (non-hydrogen) atoms. The molecule has 0 spiro atoms. The van der Waals surface area contributed by atoms with Crippen LogP contribution in [0.25, 0.3) is 10.9 Å². The normalized spacial score (nSPS) is 21.3. The van der Waals surface area contributed by atoms with Gasteiger partial charge in [0.2, 0.25) is 11.0 Å². The molecule has 2 atom stereocenters. The standard InChI is InChI=1S/C12H10ClFN4O2S/c1-21(19)12-15-8-6-10(17-12)18-3-2-5(18)4-20-11(6)16-9(13)7(8)14/h5H,2-4H2,1H3/t5-,21?/m1/s1. The summed E-state index contributed by atoms with van der Waals surface area (Å²) < 4.78 is 31.6. The van der Waals surface area contributed by atoms with Gasteiger partial charge in [-0.25, -0.2) is 14.4 Å². The predicted molar refractivity (Wildman–Crippen MR) is 75.9 cm³/mol. The van der Waals surface area contributed by atoms with Gasteiger partial charge in [0.1, 0.15) is 23.3 Å². The Balaban J connectivity index is 2.12. The predicted octanol–water partition coefficient (Wildman–Crippen LogP) is 1.53. The molecular formula is C12H10ClFN4O2S. The topological polar surface area (TPSA) is 68.2 Å². The molecule has 1 unspecified atom stereocenters. The maximum Gasteiger partial charge on any atom is 0.228 e. The van der Waals surface area contributed by atoms with E-state index in [4.69, 9.17) is 16.3 Å². The first-order valence-electron chi connectivity index (χ1n) is 6.36. The fraction of sp³-hybridized carbons (Fsp3) is 0.417. The maximum absolute atomic E-state index is 14.3. The van der Waals surface area contributed by atoms with Gasteiger partial charge in [-0.3, -0.25) is 4.21 Å². The Morgan fingerprint density at radius 3 is 2.90 bits per heavy atom. The molecule has 2 aliphatic rings. The molecule has 0 N–H and O–H groups in total. The van der Waals surface area contributed by atoms with Crippen molar-refractivity contribution >= 4 is 39.1 Å². The Kier molecular flexibility index (Phi) is 2.80. The van der Waals surface area contributed by atoms with Crippen LogP contribution in [0.5, 0.6) is 5.88 Å². The zero-order valence-electron chi connectivity index (χ0n) is 11.0. The number of hydrogen-bond donors (Lipinski definition) is 0. The first-order chi connectivity index (χ1) is 10.1. The van der Waals surface area contributed by atoms with Crippen LogP contribution in [-0.4, -0.2) is 44.6 Å². The second-order valence-corrected chi connectivity index (χ2v) is 6.61. The summed E-state index contributed by atoms with van der Waals surface area (Å²) in [4.78, 5) is 14.3. The molecule has 0 saturated carbocycles. The van der Waals surface area contributed by atoms with Crippen LogP contribution in [0.1, 0.15) is 6.42 Å². The minimum absolute atomic E-state index is 0.00718. The van der Waals surface area contributed by atoms with Gasteiger partial charge in [0.15, 0.2) is 11.0 Å². The molecule has 1 fully saturated rings. The molecule has 9 heteroatoms. The maximum atomic E-state index is 14.3. The number of pyridine rings is 1. The van der Waals surface area contributed by atoms with Gasteiger partial charge in [0, 0.05) is 12.8 Å². The summed E-state index contributed by atoms with van der Waals surface area (Å²) in [7, 11) is -1.42. The van der Waals surface area contributed by atoms with E-state index in [2.05, 4.69) is 15.0 Å². The molecule has 2 aromatic rings. The Morgan fingerprint density at radius 2 is 2.24 bits per heavy atom. The third-order valence-electron chi connectivity index (χ3n) is 3.76. The molecule has 0 bridgehead atoms. The van der Waals surface area contributed by atoms with Crippen molar-refractivity contribution in [3.8, 4) is 5.88 Å². The average molecular weight is 329 g/mol. The van der Waals surface area contributed by atoms with Crippen molar-refractivity contribution in [3.05, 3.63) is 11.0 Å². The number of halogens is 2. The Morgan fingerprint density at radius 1 is 1.43 bits per heavy atom. The first kappa shape index (κ1) is 13.1. The third kappa shape index (κ3) is 1.82. The van der Waals surface area contributed by atoms with E-state index in [9.17, 15) is 8.60 Å². The number of aromatic nitrogens is 3. The van der Waals surface area contributed by atoms with Gasteiger partial charge in [-0.1, -0.05) is 11.6 Å². The molecule has 2 aliphatic heterocycles. The van der Waals surface area contributed by atoms with Crippen molar-refractivity contribution < 1.29 is 13.3 Å². The molecule has 0 amide bonds. The molecule has 2 aromatic heterocycles. The van der Waals surface area contributed by atoms with E-state index in [1.165, 1.54) is 6.26 Å². The first-order valence-corrected chi connectivity index (χ1v) is 8.29. The summed E-state index contributed by atoms with van der Waals surface area (Å²) >= 11 is 5.81. The highest BCUT2D eigenvalue weighted by atomic mass is 35.5. The van der Waals surface area contributed by atoms with Crippen molar-refractivity contribution in [2.75, 3.05) is 24.3 Å². The highest BCUT2D eigenvalue weighted by Gasteiger charge is 2.36. The molecule has 4 heterocycles. The van der Waals surface area contributed by atoms with Gasteiger partial charge in [-0.05, 0) is 6.42 Å². The molecule has 1 saturated heterocycles.